The number of benzene rings is 1. The van der Waals surface area contributed by atoms with Gasteiger partial charge in [0.25, 0.3) is 0 Å². The molecule has 9 heteroatoms. The summed E-state index contributed by atoms with van der Waals surface area (Å²) in [5.74, 6) is 0.111. The van der Waals surface area contributed by atoms with Crippen LogP contribution in [0.2, 0.25) is 15.2 Å². The number of carbonyl (C=O) groups excluding carboxylic acids is 1. The first-order valence-corrected chi connectivity index (χ1v) is 9.83. The van der Waals surface area contributed by atoms with Gasteiger partial charge in [-0.2, -0.15) is 5.10 Å². The standard InChI is InChI=1S/C20H18Cl3N3O3/c1-11-14(7-8-19(27)28-10-16-12(2)25-29-13(16)3)20(23)26(24-11)9-15-17(21)5-4-6-18(15)22/h4-8H,9-10H2,1-3H3. The van der Waals surface area contributed by atoms with Crippen LogP contribution >= 0.6 is 34.8 Å². The van der Waals surface area contributed by atoms with Gasteiger partial charge < -0.3 is 9.26 Å². The minimum Gasteiger partial charge on any atom is -0.457 e. The van der Waals surface area contributed by atoms with E-state index < -0.39 is 5.97 Å². The average molecular weight is 455 g/mol. The SMILES string of the molecule is Cc1nn(Cc2c(Cl)cccc2Cl)c(Cl)c1C=CC(=O)OCc1c(C)noc1C. The van der Waals surface area contributed by atoms with Gasteiger partial charge in [0.2, 0.25) is 0 Å². The number of aryl methyl sites for hydroxylation is 3. The number of aromatic nitrogens is 3. The van der Waals surface area contributed by atoms with E-state index in [-0.39, 0.29) is 6.61 Å². The fraction of sp³-hybridized carbons (Fsp3) is 0.250. The van der Waals surface area contributed by atoms with E-state index in [0.717, 1.165) is 11.1 Å². The van der Waals surface area contributed by atoms with Crippen molar-refractivity contribution in [3.05, 3.63) is 73.3 Å². The number of rotatable bonds is 6. The number of halogens is 3. The van der Waals surface area contributed by atoms with Gasteiger partial charge in [0.05, 0.1) is 23.5 Å². The van der Waals surface area contributed by atoms with Crippen LogP contribution in [0.15, 0.2) is 28.8 Å². The molecule has 0 bridgehead atoms. The van der Waals surface area contributed by atoms with Crippen LogP contribution in [0, 0.1) is 20.8 Å². The highest BCUT2D eigenvalue weighted by Gasteiger charge is 2.15. The minimum absolute atomic E-state index is 0.0846. The number of hydrogen-bond acceptors (Lipinski definition) is 5. The quantitative estimate of drug-likeness (QED) is 0.360. The maximum atomic E-state index is 12.1. The zero-order valence-electron chi connectivity index (χ0n) is 16.0. The van der Waals surface area contributed by atoms with E-state index in [9.17, 15) is 4.79 Å². The summed E-state index contributed by atoms with van der Waals surface area (Å²) >= 11 is 18.9. The molecule has 0 aliphatic rings. The van der Waals surface area contributed by atoms with Crippen molar-refractivity contribution in [3.8, 4) is 0 Å². The lowest BCUT2D eigenvalue weighted by molar-refractivity contribution is -0.138. The van der Waals surface area contributed by atoms with Crippen molar-refractivity contribution in [1.82, 2.24) is 14.9 Å². The summed E-state index contributed by atoms with van der Waals surface area (Å²) in [6, 6.07) is 5.28. The molecule has 6 nitrogen and oxygen atoms in total. The summed E-state index contributed by atoms with van der Waals surface area (Å²) in [4.78, 5) is 12.1. The van der Waals surface area contributed by atoms with Crippen molar-refractivity contribution < 1.29 is 14.1 Å². The van der Waals surface area contributed by atoms with E-state index in [2.05, 4.69) is 10.3 Å². The molecular weight excluding hydrogens is 437 g/mol. The molecule has 1 aromatic carbocycles. The molecule has 0 atom stereocenters. The van der Waals surface area contributed by atoms with Gasteiger partial charge in [-0.1, -0.05) is 46.0 Å². The number of nitrogens with zero attached hydrogens (tertiary/aromatic N) is 3. The van der Waals surface area contributed by atoms with Crippen LogP contribution in [-0.2, 0) is 22.7 Å². The lowest BCUT2D eigenvalue weighted by Gasteiger charge is -2.08. The first-order chi connectivity index (χ1) is 13.8. The van der Waals surface area contributed by atoms with Crippen molar-refractivity contribution in [2.45, 2.75) is 33.9 Å². The Balaban J connectivity index is 1.72. The van der Waals surface area contributed by atoms with Crippen LogP contribution in [0.4, 0.5) is 0 Å². The van der Waals surface area contributed by atoms with Gasteiger partial charge >= 0.3 is 5.97 Å². The monoisotopic (exact) mass is 453 g/mol. The summed E-state index contributed by atoms with van der Waals surface area (Å²) in [6.07, 6.45) is 2.88. The third-order valence-electron chi connectivity index (χ3n) is 4.41. The number of hydrogen-bond donors (Lipinski definition) is 0. The molecule has 2 aromatic heterocycles. The Morgan fingerprint density at radius 2 is 1.83 bits per heavy atom. The summed E-state index contributed by atoms with van der Waals surface area (Å²) in [6.45, 7) is 5.75. The molecule has 0 N–H and O–H groups in total. The third kappa shape index (κ3) is 4.83. The predicted molar refractivity (Wildman–Crippen MR) is 112 cm³/mol. The van der Waals surface area contributed by atoms with Crippen LogP contribution in [0.25, 0.3) is 6.08 Å². The van der Waals surface area contributed by atoms with Gasteiger partial charge in [-0.3, -0.25) is 0 Å². The topological polar surface area (TPSA) is 70.2 Å². The Bertz CT molecular complexity index is 1050. The summed E-state index contributed by atoms with van der Waals surface area (Å²) in [7, 11) is 0. The lowest BCUT2D eigenvalue weighted by atomic mass is 10.2. The molecule has 0 radical (unpaired) electrons. The highest BCUT2D eigenvalue weighted by molar-refractivity contribution is 6.36. The number of carbonyl (C=O) groups is 1. The van der Waals surface area contributed by atoms with Crippen LogP contribution in [0.1, 0.15) is 33.8 Å². The molecule has 0 amide bonds. The van der Waals surface area contributed by atoms with Crippen LogP contribution in [0.5, 0.6) is 0 Å². The molecule has 152 valence electrons. The van der Waals surface area contributed by atoms with Gasteiger partial charge in [0.15, 0.2) is 0 Å². The molecule has 3 aromatic rings. The molecule has 0 aliphatic carbocycles. The van der Waals surface area contributed by atoms with Crippen LogP contribution in [0.3, 0.4) is 0 Å². The highest BCUT2D eigenvalue weighted by Crippen LogP contribution is 2.28. The fourth-order valence-electron chi connectivity index (χ4n) is 2.75. The molecule has 0 fully saturated rings. The average Bonchev–Trinajstić information content (AvgIpc) is 3.13. The number of esters is 1. The predicted octanol–water partition coefficient (Wildman–Crippen LogP) is 5.56. The van der Waals surface area contributed by atoms with E-state index in [1.165, 1.54) is 6.08 Å². The van der Waals surface area contributed by atoms with E-state index in [0.29, 0.717) is 44.5 Å². The molecule has 0 saturated carbocycles. The minimum atomic E-state index is -0.512. The first kappa shape index (κ1) is 21.4. The largest absolute Gasteiger partial charge is 0.457 e. The normalized spacial score (nSPS) is 11.4. The van der Waals surface area contributed by atoms with Gasteiger partial charge in [-0.25, -0.2) is 9.48 Å². The summed E-state index contributed by atoms with van der Waals surface area (Å²) in [5, 5.41) is 9.68. The molecule has 0 spiro atoms. The fourth-order valence-corrected chi connectivity index (χ4v) is 3.56. The smallest absolute Gasteiger partial charge is 0.331 e. The van der Waals surface area contributed by atoms with Crippen molar-refractivity contribution in [2.75, 3.05) is 0 Å². The van der Waals surface area contributed by atoms with Crippen molar-refractivity contribution in [3.63, 3.8) is 0 Å². The third-order valence-corrected chi connectivity index (χ3v) is 5.51. The maximum Gasteiger partial charge on any atom is 0.331 e. The number of ether oxygens (including phenoxy) is 1. The molecule has 0 aliphatic heterocycles. The molecular formula is C20H18Cl3N3O3. The van der Waals surface area contributed by atoms with Crippen molar-refractivity contribution >= 4 is 46.8 Å². The second kappa shape index (κ2) is 9.03. The lowest BCUT2D eigenvalue weighted by Crippen LogP contribution is -2.03. The summed E-state index contributed by atoms with van der Waals surface area (Å²) < 4.78 is 11.9. The first-order valence-electron chi connectivity index (χ1n) is 8.70. The Morgan fingerprint density at radius 3 is 2.45 bits per heavy atom. The second-order valence-corrected chi connectivity index (χ2v) is 7.56. The van der Waals surface area contributed by atoms with E-state index >= 15 is 0 Å². The van der Waals surface area contributed by atoms with Gasteiger partial charge in [-0.05, 0) is 39.0 Å². The van der Waals surface area contributed by atoms with Crippen molar-refractivity contribution in [1.29, 1.82) is 0 Å². The molecule has 29 heavy (non-hydrogen) atoms. The molecule has 0 unspecified atom stereocenters. The van der Waals surface area contributed by atoms with E-state index in [1.54, 1.807) is 49.7 Å². The van der Waals surface area contributed by atoms with Crippen LogP contribution in [-0.4, -0.2) is 20.9 Å². The summed E-state index contributed by atoms with van der Waals surface area (Å²) in [5.41, 5.74) is 3.44. The van der Waals surface area contributed by atoms with Gasteiger partial charge in [0.1, 0.15) is 17.5 Å². The van der Waals surface area contributed by atoms with Gasteiger partial charge in [-0.15, -0.1) is 0 Å². The Morgan fingerprint density at radius 1 is 1.14 bits per heavy atom. The van der Waals surface area contributed by atoms with Gasteiger partial charge in [0, 0.05) is 27.2 Å². The van der Waals surface area contributed by atoms with E-state index in [4.69, 9.17) is 44.1 Å². The highest BCUT2D eigenvalue weighted by atomic mass is 35.5. The maximum absolute atomic E-state index is 12.1. The molecule has 2 heterocycles. The zero-order chi connectivity index (χ0) is 21.1. The van der Waals surface area contributed by atoms with Crippen molar-refractivity contribution in [2.24, 2.45) is 0 Å². The van der Waals surface area contributed by atoms with E-state index in [1.807, 2.05) is 0 Å². The Hall–Kier alpha value is -2.28. The zero-order valence-corrected chi connectivity index (χ0v) is 18.3. The Labute approximate surface area is 183 Å². The molecule has 3 rings (SSSR count). The molecule has 0 saturated heterocycles. The Kier molecular flexibility index (Phi) is 6.67. The second-order valence-electron chi connectivity index (χ2n) is 6.39. The van der Waals surface area contributed by atoms with Crippen LogP contribution < -0.4 is 0 Å².